The van der Waals surface area contributed by atoms with Crippen molar-refractivity contribution in [2.24, 2.45) is 0 Å². The SMILES string of the molecule is COc1ccc(CN2CCc3nnc(CNC(=O)Cc4cccc(F)c4)n3CC2)cc1C. The first kappa shape index (κ1) is 22.0. The third-order valence-electron chi connectivity index (χ3n) is 5.76. The van der Waals surface area contributed by atoms with Gasteiger partial charge in [-0.3, -0.25) is 9.69 Å². The van der Waals surface area contributed by atoms with Crippen LogP contribution in [0.1, 0.15) is 28.3 Å². The fourth-order valence-electron chi connectivity index (χ4n) is 4.09. The van der Waals surface area contributed by atoms with Gasteiger partial charge in [-0.15, -0.1) is 10.2 Å². The van der Waals surface area contributed by atoms with Crippen molar-refractivity contribution >= 4 is 5.91 Å². The summed E-state index contributed by atoms with van der Waals surface area (Å²) < 4.78 is 20.8. The summed E-state index contributed by atoms with van der Waals surface area (Å²) in [5, 5.41) is 11.5. The number of hydrogen-bond donors (Lipinski definition) is 1. The van der Waals surface area contributed by atoms with Crippen molar-refractivity contribution in [3.05, 3.63) is 76.6 Å². The molecule has 1 aliphatic heterocycles. The molecule has 0 bridgehead atoms. The Morgan fingerprint density at radius 2 is 2.00 bits per heavy atom. The van der Waals surface area contributed by atoms with Crippen LogP contribution in [0.4, 0.5) is 4.39 Å². The Balaban J connectivity index is 1.33. The Hall–Kier alpha value is -3.26. The highest BCUT2D eigenvalue weighted by atomic mass is 19.1. The molecule has 8 heteroatoms. The second-order valence-electron chi connectivity index (χ2n) is 8.10. The third-order valence-corrected chi connectivity index (χ3v) is 5.76. The van der Waals surface area contributed by atoms with E-state index in [4.69, 9.17) is 4.74 Å². The third kappa shape index (κ3) is 5.31. The molecule has 1 amide bonds. The Morgan fingerprint density at radius 3 is 2.78 bits per heavy atom. The predicted molar refractivity (Wildman–Crippen MR) is 119 cm³/mol. The number of rotatable bonds is 7. The zero-order valence-electron chi connectivity index (χ0n) is 18.5. The van der Waals surface area contributed by atoms with Crippen LogP contribution in [0.3, 0.4) is 0 Å². The van der Waals surface area contributed by atoms with Gasteiger partial charge < -0.3 is 14.6 Å². The minimum Gasteiger partial charge on any atom is -0.496 e. The number of fused-ring (bicyclic) bond motifs is 1. The molecule has 0 aliphatic carbocycles. The summed E-state index contributed by atoms with van der Waals surface area (Å²) >= 11 is 0. The highest BCUT2D eigenvalue weighted by Crippen LogP contribution is 2.20. The minimum absolute atomic E-state index is 0.133. The highest BCUT2D eigenvalue weighted by molar-refractivity contribution is 5.78. The molecule has 32 heavy (non-hydrogen) atoms. The molecular weight excluding hydrogens is 409 g/mol. The molecule has 0 fully saturated rings. The summed E-state index contributed by atoms with van der Waals surface area (Å²) in [4.78, 5) is 14.7. The maximum Gasteiger partial charge on any atom is 0.224 e. The van der Waals surface area contributed by atoms with E-state index < -0.39 is 0 Å². The quantitative estimate of drug-likeness (QED) is 0.615. The molecule has 1 aliphatic rings. The summed E-state index contributed by atoms with van der Waals surface area (Å²) in [5.41, 5.74) is 3.03. The molecule has 0 spiro atoms. The number of aromatic nitrogens is 3. The lowest BCUT2D eigenvalue weighted by Gasteiger charge is -2.20. The molecule has 168 valence electrons. The summed E-state index contributed by atoms with van der Waals surface area (Å²) in [6, 6.07) is 12.4. The number of ether oxygens (including phenoxy) is 1. The summed E-state index contributed by atoms with van der Waals surface area (Å²) in [6.07, 6.45) is 0.938. The molecule has 0 saturated heterocycles. The van der Waals surface area contributed by atoms with Crippen molar-refractivity contribution in [2.75, 3.05) is 20.2 Å². The molecule has 4 rings (SSSR count). The average molecular weight is 438 g/mol. The lowest BCUT2D eigenvalue weighted by atomic mass is 10.1. The number of nitrogens with one attached hydrogen (secondary N) is 1. The first-order chi connectivity index (χ1) is 15.5. The van der Waals surface area contributed by atoms with E-state index in [-0.39, 0.29) is 18.1 Å². The first-order valence-corrected chi connectivity index (χ1v) is 10.8. The number of nitrogens with zero attached hydrogens (tertiary/aromatic N) is 4. The van der Waals surface area contributed by atoms with Crippen LogP contribution in [0.2, 0.25) is 0 Å². The van der Waals surface area contributed by atoms with Gasteiger partial charge in [-0.2, -0.15) is 0 Å². The first-order valence-electron chi connectivity index (χ1n) is 10.8. The van der Waals surface area contributed by atoms with Crippen LogP contribution >= 0.6 is 0 Å². The van der Waals surface area contributed by atoms with E-state index in [9.17, 15) is 9.18 Å². The van der Waals surface area contributed by atoms with Crippen molar-refractivity contribution < 1.29 is 13.9 Å². The number of carbonyl (C=O) groups excluding carboxylic acids is 1. The zero-order chi connectivity index (χ0) is 22.5. The van der Waals surface area contributed by atoms with E-state index >= 15 is 0 Å². The van der Waals surface area contributed by atoms with E-state index in [0.717, 1.165) is 55.6 Å². The van der Waals surface area contributed by atoms with Crippen LogP contribution in [-0.4, -0.2) is 45.8 Å². The van der Waals surface area contributed by atoms with Gasteiger partial charge in [0, 0.05) is 32.6 Å². The van der Waals surface area contributed by atoms with Crippen molar-refractivity contribution in [3.8, 4) is 5.75 Å². The van der Waals surface area contributed by atoms with Crippen LogP contribution in [0.15, 0.2) is 42.5 Å². The largest absolute Gasteiger partial charge is 0.496 e. The maximum absolute atomic E-state index is 13.3. The van der Waals surface area contributed by atoms with Crippen molar-refractivity contribution in [3.63, 3.8) is 0 Å². The topological polar surface area (TPSA) is 72.3 Å². The molecular formula is C24H28FN5O2. The van der Waals surface area contributed by atoms with Crippen molar-refractivity contribution in [2.45, 2.75) is 39.4 Å². The molecule has 7 nitrogen and oxygen atoms in total. The van der Waals surface area contributed by atoms with E-state index in [1.807, 2.05) is 6.07 Å². The second kappa shape index (κ2) is 9.91. The number of methoxy groups -OCH3 is 1. The number of benzene rings is 2. The van der Waals surface area contributed by atoms with Gasteiger partial charge in [-0.1, -0.05) is 24.3 Å². The monoisotopic (exact) mass is 437 g/mol. The van der Waals surface area contributed by atoms with E-state index in [1.165, 1.54) is 17.7 Å². The van der Waals surface area contributed by atoms with Gasteiger partial charge in [-0.05, 0) is 41.8 Å². The van der Waals surface area contributed by atoms with Gasteiger partial charge in [0.05, 0.1) is 20.1 Å². The van der Waals surface area contributed by atoms with Crippen molar-refractivity contribution in [1.82, 2.24) is 25.0 Å². The summed E-state index contributed by atoms with van der Waals surface area (Å²) in [5.74, 6) is 2.08. The predicted octanol–water partition coefficient (Wildman–Crippen LogP) is 2.65. The minimum atomic E-state index is -0.340. The number of halogens is 1. The van der Waals surface area contributed by atoms with Crippen molar-refractivity contribution in [1.29, 1.82) is 0 Å². The van der Waals surface area contributed by atoms with Gasteiger partial charge in [0.2, 0.25) is 5.91 Å². The molecule has 2 heterocycles. The normalized spacial score (nSPS) is 14.0. The second-order valence-corrected chi connectivity index (χ2v) is 8.10. The zero-order valence-corrected chi connectivity index (χ0v) is 18.5. The van der Waals surface area contributed by atoms with Crippen LogP contribution < -0.4 is 10.1 Å². The number of aryl methyl sites for hydroxylation is 1. The standard InChI is InChI=1S/C24H28FN5O2/c1-17-12-19(6-7-21(17)32-2)16-29-9-8-22-27-28-23(30(22)11-10-29)15-26-24(31)14-18-4-3-5-20(25)13-18/h3-7,12-13H,8-11,14-16H2,1-2H3,(H,26,31). The number of hydrogen-bond acceptors (Lipinski definition) is 5. The van der Waals surface area contributed by atoms with Gasteiger partial charge in [-0.25, -0.2) is 4.39 Å². The molecule has 2 aromatic carbocycles. The molecule has 1 aromatic heterocycles. The summed E-state index contributed by atoms with van der Waals surface area (Å²) in [6.45, 7) is 5.77. The lowest BCUT2D eigenvalue weighted by molar-refractivity contribution is -0.120. The Kier molecular flexibility index (Phi) is 6.80. The lowest BCUT2D eigenvalue weighted by Crippen LogP contribution is -2.28. The van der Waals surface area contributed by atoms with E-state index in [1.54, 1.807) is 19.2 Å². The smallest absolute Gasteiger partial charge is 0.224 e. The van der Waals surface area contributed by atoms with Gasteiger partial charge in [0.1, 0.15) is 17.4 Å². The molecule has 1 N–H and O–H groups in total. The van der Waals surface area contributed by atoms with E-state index in [2.05, 4.69) is 44.0 Å². The van der Waals surface area contributed by atoms with Crippen LogP contribution in [-0.2, 0) is 37.3 Å². The number of carbonyl (C=O) groups is 1. The average Bonchev–Trinajstić information content (AvgIpc) is 3.05. The van der Waals surface area contributed by atoms with Crippen LogP contribution in [0, 0.1) is 12.7 Å². The number of amides is 1. The van der Waals surface area contributed by atoms with Crippen LogP contribution in [0.25, 0.3) is 0 Å². The van der Waals surface area contributed by atoms with Crippen LogP contribution in [0.5, 0.6) is 5.75 Å². The molecule has 0 atom stereocenters. The Morgan fingerprint density at radius 1 is 1.12 bits per heavy atom. The van der Waals surface area contributed by atoms with E-state index in [0.29, 0.717) is 12.1 Å². The highest BCUT2D eigenvalue weighted by Gasteiger charge is 2.19. The molecule has 3 aromatic rings. The molecule has 0 radical (unpaired) electrons. The summed E-state index contributed by atoms with van der Waals surface area (Å²) in [7, 11) is 1.69. The van der Waals surface area contributed by atoms with Gasteiger partial charge in [0.15, 0.2) is 5.82 Å². The maximum atomic E-state index is 13.3. The Labute approximate surface area is 187 Å². The Bertz CT molecular complexity index is 1100. The van der Waals surface area contributed by atoms with Gasteiger partial charge in [0.25, 0.3) is 0 Å². The fraction of sp³-hybridized carbons (Fsp3) is 0.375. The molecule has 0 saturated carbocycles. The van der Waals surface area contributed by atoms with Gasteiger partial charge >= 0.3 is 0 Å². The fourth-order valence-corrected chi connectivity index (χ4v) is 4.09. The molecule has 0 unspecified atom stereocenters.